The lowest BCUT2D eigenvalue weighted by atomic mass is 9.48. The number of hydrogen-bond acceptors (Lipinski definition) is 5. The number of nitrogens with one attached hydrogen (secondary N) is 1. The molecule has 4 fully saturated rings. The van der Waals surface area contributed by atoms with E-state index in [1.165, 1.54) is 38.5 Å². The lowest BCUT2D eigenvalue weighted by molar-refractivity contribution is -0.128. The minimum absolute atomic E-state index is 0.0994. The molecule has 35 heavy (non-hydrogen) atoms. The van der Waals surface area contributed by atoms with Crippen molar-refractivity contribution >= 4 is 23.2 Å². The van der Waals surface area contributed by atoms with Crippen molar-refractivity contribution in [3.63, 3.8) is 0 Å². The normalized spacial score (nSPS) is 27.5. The first-order valence-electron chi connectivity index (χ1n) is 12.6. The number of hydrogen-bond donors (Lipinski definition) is 1. The molecule has 1 amide bonds. The van der Waals surface area contributed by atoms with E-state index in [0.717, 1.165) is 28.3 Å². The second-order valence-corrected chi connectivity index (χ2v) is 11.7. The van der Waals surface area contributed by atoms with Crippen LogP contribution in [0.4, 0.5) is 0 Å². The first-order chi connectivity index (χ1) is 17.0. The number of thiophene rings is 1. The van der Waals surface area contributed by atoms with Gasteiger partial charge in [0.25, 0.3) is 5.91 Å². The number of carbonyl (C=O) groups is 2. The van der Waals surface area contributed by atoms with Crippen LogP contribution >= 0.6 is 11.3 Å². The summed E-state index contributed by atoms with van der Waals surface area (Å²) in [5.41, 5.74) is 2.00. The number of rotatable bonds is 7. The highest BCUT2D eigenvalue weighted by atomic mass is 32.1. The average Bonchev–Trinajstić information content (AvgIpc) is 3.52. The third-order valence-corrected chi connectivity index (χ3v) is 9.30. The highest BCUT2D eigenvalue weighted by molar-refractivity contribution is 7.13. The van der Waals surface area contributed by atoms with Crippen LogP contribution in [0.25, 0.3) is 16.3 Å². The molecular formula is C28H31N3O3S. The molecule has 2 aromatic heterocycles. The molecule has 2 heterocycles. The maximum Gasteiger partial charge on any atom is 0.357 e. The predicted octanol–water partition coefficient (Wildman–Crippen LogP) is 5.48. The Balaban J connectivity index is 1.13. The summed E-state index contributed by atoms with van der Waals surface area (Å²) < 4.78 is 7.08. The van der Waals surface area contributed by atoms with Gasteiger partial charge in [-0.2, -0.15) is 5.10 Å². The quantitative estimate of drug-likeness (QED) is 0.446. The van der Waals surface area contributed by atoms with Crippen molar-refractivity contribution in [1.82, 2.24) is 15.1 Å². The molecule has 1 atom stereocenters. The molecular weight excluding hydrogens is 458 g/mol. The van der Waals surface area contributed by atoms with Crippen molar-refractivity contribution < 1.29 is 14.3 Å². The lowest BCUT2D eigenvalue weighted by Crippen LogP contribution is -2.56. The fourth-order valence-electron chi connectivity index (χ4n) is 7.19. The smallest absolute Gasteiger partial charge is 0.357 e. The summed E-state index contributed by atoms with van der Waals surface area (Å²) in [6.07, 6.45) is 7.80. The van der Waals surface area contributed by atoms with Crippen molar-refractivity contribution in [2.24, 2.45) is 23.2 Å². The van der Waals surface area contributed by atoms with Crippen LogP contribution in [-0.2, 0) is 9.53 Å². The van der Waals surface area contributed by atoms with Crippen LogP contribution in [0.15, 0.2) is 53.9 Å². The number of carbonyl (C=O) groups excluding carboxylic acids is 2. The van der Waals surface area contributed by atoms with E-state index in [-0.39, 0.29) is 24.0 Å². The van der Waals surface area contributed by atoms with E-state index in [1.807, 2.05) is 47.8 Å². The number of benzene rings is 1. The highest BCUT2D eigenvalue weighted by Gasteiger charge is 2.53. The van der Waals surface area contributed by atoms with Gasteiger partial charge in [0.05, 0.1) is 10.6 Å². The minimum atomic E-state index is -0.554. The summed E-state index contributed by atoms with van der Waals surface area (Å²) in [6, 6.07) is 15.3. The SMILES string of the molecule is C[C@H](NC(=O)COC(=O)c1cc(-c2cccs2)nn1-c1ccccc1)C12CC3CC(CC(C3)C1)C2. The van der Waals surface area contributed by atoms with Gasteiger partial charge in [-0.15, -0.1) is 11.3 Å². The Kier molecular flexibility index (Phi) is 5.75. The summed E-state index contributed by atoms with van der Waals surface area (Å²) in [4.78, 5) is 26.9. The highest BCUT2D eigenvalue weighted by Crippen LogP contribution is 2.61. The van der Waals surface area contributed by atoms with Gasteiger partial charge in [-0.25, -0.2) is 9.48 Å². The van der Waals surface area contributed by atoms with Crippen LogP contribution in [0.5, 0.6) is 0 Å². The summed E-state index contributed by atoms with van der Waals surface area (Å²) >= 11 is 1.56. The molecule has 0 aliphatic heterocycles. The zero-order valence-electron chi connectivity index (χ0n) is 20.0. The molecule has 0 spiro atoms. The number of aromatic nitrogens is 2. The third-order valence-electron chi connectivity index (χ3n) is 8.41. The first kappa shape index (κ1) is 22.5. The van der Waals surface area contributed by atoms with E-state index in [9.17, 15) is 9.59 Å². The van der Waals surface area contributed by atoms with Crippen molar-refractivity contribution in [1.29, 1.82) is 0 Å². The van der Waals surface area contributed by atoms with Crippen LogP contribution in [0.3, 0.4) is 0 Å². The molecule has 4 aliphatic carbocycles. The van der Waals surface area contributed by atoms with Gasteiger partial charge in [0.2, 0.25) is 0 Å². The molecule has 4 aliphatic rings. The molecule has 4 bridgehead atoms. The molecule has 1 N–H and O–H groups in total. The zero-order valence-corrected chi connectivity index (χ0v) is 20.8. The fraction of sp³-hybridized carbons (Fsp3) is 0.464. The summed E-state index contributed by atoms with van der Waals surface area (Å²) in [5.74, 6) is 1.70. The maximum atomic E-state index is 13.1. The largest absolute Gasteiger partial charge is 0.451 e. The van der Waals surface area contributed by atoms with Crippen molar-refractivity contribution in [3.8, 4) is 16.3 Å². The molecule has 7 rings (SSSR count). The van der Waals surface area contributed by atoms with E-state index >= 15 is 0 Å². The van der Waals surface area contributed by atoms with Gasteiger partial charge in [0.1, 0.15) is 5.69 Å². The third kappa shape index (κ3) is 4.31. The molecule has 0 unspecified atom stereocenters. The molecule has 7 heteroatoms. The van der Waals surface area contributed by atoms with Crippen LogP contribution in [0.2, 0.25) is 0 Å². The van der Waals surface area contributed by atoms with Gasteiger partial charge in [0.15, 0.2) is 12.3 Å². The van der Waals surface area contributed by atoms with Gasteiger partial charge >= 0.3 is 5.97 Å². The van der Waals surface area contributed by atoms with Crippen LogP contribution in [-0.4, -0.2) is 34.3 Å². The average molecular weight is 490 g/mol. The number of amides is 1. The number of para-hydroxylation sites is 1. The fourth-order valence-corrected chi connectivity index (χ4v) is 7.87. The molecule has 4 saturated carbocycles. The van der Waals surface area contributed by atoms with Crippen LogP contribution < -0.4 is 5.32 Å². The van der Waals surface area contributed by atoms with Gasteiger partial charge in [0, 0.05) is 12.1 Å². The Morgan fingerprint density at radius 3 is 2.40 bits per heavy atom. The van der Waals surface area contributed by atoms with E-state index in [1.54, 1.807) is 22.1 Å². The van der Waals surface area contributed by atoms with Gasteiger partial charge in [-0.05, 0) is 92.2 Å². The van der Waals surface area contributed by atoms with E-state index in [2.05, 4.69) is 17.3 Å². The second kappa shape index (κ2) is 8.94. The van der Waals surface area contributed by atoms with E-state index in [4.69, 9.17) is 4.74 Å². The topological polar surface area (TPSA) is 73.2 Å². The lowest BCUT2D eigenvalue weighted by Gasteiger charge is -2.59. The maximum absolute atomic E-state index is 13.1. The Morgan fingerprint density at radius 2 is 1.77 bits per heavy atom. The Bertz CT molecular complexity index is 1180. The zero-order chi connectivity index (χ0) is 24.0. The van der Waals surface area contributed by atoms with E-state index < -0.39 is 5.97 Å². The van der Waals surface area contributed by atoms with Gasteiger partial charge < -0.3 is 10.1 Å². The van der Waals surface area contributed by atoms with Crippen LogP contribution in [0, 0.1) is 23.2 Å². The molecule has 3 aromatic rings. The summed E-state index contributed by atoms with van der Waals surface area (Å²) in [5, 5.41) is 9.81. The van der Waals surface area contributed by atoms with Gasteiger partial charge in [-0.3, -0.25) is 4.79 Å². The number of esters is 1. The number of ether oxygens (including phenoxy) is 1. The Morgan fingerprint density at radius 1 is 1.09 bits per heavy atom. The molecule has 0 saturated heterocycles. The van der Waals surface area contributed by atoms with Crippen LogP contribution in [0.1, 0.15) is 55.9 Å². The Labute approximate surface area is 209 Å². The summed E-state index contributed by atoms with van der Waals surface area (Å²) in [7, 11) is 0. The van der Waals surface area contributed by atoms with Crippen molar-refractivity contribution in [2.45, 2.75) is 51.5 Å². The number of nitrogens with zero attached hydrogens (tertiary/aromatic N) is 2. The van der Waals surface area contributed by atoms with E-state index in [0.29, 0.717) is 11.4 Å². The van der Waals surface area contributed by atoms with Crippen molar-refractivity contribution in [2.75, 3.05) is 6.61 Å². The molecule has 0 radical (unpaired) electrons. The molecule has 182 valence electrons. The minimum Gasteiger partial charge on any atom is -0.451 e. The Hall–Kier alpha value is -2.93. The molecule has 6 nitrogen and oxygen atoms in total. The first-order valence-corrected chi connectivity index (χ1v) is 13.5. The predicted molar refractivity (Wildman–Crippen MR) is 135 cm³/mol. The van der Waals surface area contributed by atoms with Crippen molar-refractivity contribution in [3.05, 3.63) is 59.6 Å². The summed E-state index contributed by atoms with van der Waals surface area (Å²) in [6.45, 7) is 1.86. The van der Waals surface area contributed by atoms with Gasteiger partial charge in [-0.1, -0.05) is 24.3 Å². The molecule has 1 aromatic carbocycles. The monoisotopic (exact) mass is 489 g/mol. The standard InChI is InChI=1S/C28H31N3O3S/c1-18(28-14-19-10-20(15-28)12-21(11-19)16-28)29-26(32)17-34-27(33)24-13-23(25-8-5-9-35-25)30-31(24)22-6-3-2-4-7-22/h2-9,13,18-21H,10-12,14-17H2,1H3,(H,29,32)/t18-,19?,20?,21?,28?/m0/s1. The second-order valence-electron chi connectivity index (χ2n) is 10.8.